The number of hydrogen-bond acceptors (Lipinski definition) is 5. The molecule has 20 heavy (non-hydrogen) atoms. The highest BCUT2D eigenvalue weighted by atomic mass is 16.5. The maximum Gasteiger partial charge on any atom is 0.407 e. The van der Waals surface area contributed by atoms with E-state index in [0.717, 1.165) is 37.3 Å². The Morgan fingerprint density at radius 2 is 2.45 bits per heavy atom. The maximum atomic E-state index is 11.2. The Bertz CT molecular complexity index is 449. The normalized spacial score (nSPS) is 19.8. The largest absolute Gasteiger partial charge is 0.453 e. The number of hydrogen-bond donors (Lipinski definition) is 2. The second-order valence-corrected chi connectivity index (χ2v) is 5.02. The van der Waals surface area contributed by atoms with Crippen LogP contribution >= 0.6 is 0 Å². The van der Waals surface area contributed by atoms with Gasteiger partial charge in [-0.2, -0.15) is 0 Å². The zero-order valence-corrected chi connectivity index (χ0v) is 12.0. The van der Waals surface area contributed by atoms with E-state index in [-0.39, 0.29) is 18.2 Å². The summed E-state index contributed by atoms with van der Waals surface area (Å²) in [7, 11) is 1.38. The maximum absolute atomic E-state index is 11.2. The summed E-state index contributed by atoms with van der Waals surface area (Å²) >= 11 is 0. The Morgan fingerprint density at radius 1 is 1.65 bits per heavy atom. The molecule has 110 valence electrons. The van der Waals surface area contributed by atoms with E-state index >= 15 is 0 Å². The van der Waals surface area contributed by atoms with Crippen molar-refractivity contribution >= 4 is 11.8 Å². The minimum absolute atomic E-state index is 0.00336. The van der Waals surface area contributed by atoms with Crippen LogP contribution < -0.4 is 16.0 Å². The summed E-state index contributed by atoms with van der Waals surface area (Å²) in [4.78, 5) is 17.8. The minimum Gasteiger partial charge on any atom is -0.453 e. The lowest BCUT2D eigenvalue weighted by molar-refractivity contribution is 0.167. The molecule has 0 aromatic carbocycles. The minimum atomic E-state index is -0.376. The first-order valence-electron chi connectivity index (χ1n) is 6.95. The van der Waals surface area contributed by atoms with Gasteiger partial charge in [0.25, 0.3) is 0 Å². The van der Waals surface area contributed by atoms with Crippen molar-refractivity contribution in [1.82, 2.24) is 10.3 Å². The fraction of sp³-hybridized carbons (Fsp3) is 0.571. The molecule has 6 nitrogen and oxygen atoms in total. The highest BCUT2D eigenvalue weighted by molar-refractivity contribution is 5.67. The first kappa shape index (κ1) is 14.6. The number of rotatable bonds is 4. The lowest BCUT2D eigenvalue weighted by Gasteiger charge is -2.19. The molecule has 0 saturated carbocycles. The third-order valence-electron chi connectivity index (χ3n) is 3.65. The number of pyridine rings is 1. The number of carbonyl (C=O) groups is 1. The molecule has 1 aromatic rings. The van der Waals surface area contributed by atoms with Crippen molar-refractivity contribution in [2.45, 2.75) is 31.8 Å². The molecular formula is C14H22N4O2. The number of nitrogens with zero attached hydrogens (tertiary/aromatic N) is 2. The standard InChI is InChI=1S/C14H22N4O2/c1-3-12(15)13-5-4-11(8-16-13)18-7-6-10(9-18)17-14(19)20-2/h4-5,8,10,12H,3,6-7,9,15H2,1-2H3,(H,17,19)/t10?,12-/m1/s1. The van der Waals surface area contributed by atoms with Crippen LogP contribution in [0.4, 0.5) is 10.5 Å². The van der Waals surface area contributed by atoms with Crippen molar-refractivity contribution in [1.29, 1.82) is 0 Å². The van der Waals surface area contributed by atoms with E-state index in [1.165, 1.54) is 7.11 Å². The van der Waals surface area contributed by atoms with Crippen molar-refractivity contribution in [2.75, 3.05) is 25.1 Å². The topological polar surface area (TPSA) is 80.5 Å². The first-order chi connectivity index (χ1) is 9.63. The van der Waals surface area contributed by atoms with Gasteiger partial charge in [-0.3, -0.25) is 4.98 Å². The Balaban J connectivity index is 1.94. The van der Waals surface area contributed by atoms with Crippen molar-refractivity contribution in [3.63, 3.8) is 0 Å². The fourth-order valence-electron chi connectivity index (χ4n) is 2.35. The number of aromatic nitrogens is 1. The lowest BCUT2D eigenvalue weighted by Crippen LogP contribution is -2.36. The van der Waals surface area contributed by atoms with Crippen LogP contribution in [0.2, 0.25) is 0 Å². The van der Waals surface area contributed by atoms with Gasteiger partial charge in [0.2, 0.25) is 0 Å². The Morgan fingerprint density at radius 3 is 3.05 bits per heavy atom. The van der Waals surface area contributed by atoms with Crippen LogP contribution in [0.15, 0.2) is 18.3 Å². The van der Waals surface area contributed by atoms with Gasteiger partial charge in [0.15, 0.2) is 0 Å². The highest BCUT2D eigenvalue weighted by Crippen LogP contribution is 2.21. The molecule has 0 bridgehead atoms. The first-order valence-corrected chi connectivity index (χ1v) is 6.95. The number of methoxy groups -OCH3 is 1. The number of amides is 1. The molecule has 0 radical (unpaired) electrons. The van der Waals surface area contributed by atoms with Gasteiger partial charge in [-0.1, -0.05) is 6.92 Å². The molecule has 2 rings (SSSR count). The molecule has 1 fully saturated rings. The molecule has 0 spiro atoms. The van der Waals surface area contributed by atoms with Gasteiger partial charge in [0.05, 0.1) is 30.7 Å². The number of carbonyl (C=O) groups excluding carboxylic acids is 1. The molecule has 2 atom stereocenters. The Labute approximate surface area is 119 Å². The van der Waals surface area contributed by atoms with E-state index in [1.807, 2.05) is 25.3 Å². The van der Waals surface area contributed by atoms with Gasteiger partial charge in [-0.05, 0) is 25.0 Å². The van der Waals surface area contributed by atoms with Crippen LogP contribution in [0.1, 0.15) is 31.5 Å². The molecule has 1 unspecified atom stereocenters. The van der Waals surface area contributed by atoms with Crippen LogP contribution in [0, 0.1) is 0 Å². The second kappa shape index (κ2) is 6.56. The zero-order chi connectivity index (χ0) is 14.5. The van der Waals surface area contributed by atoms with Crippen LogP contribution in [-0.4, -0.2) is 37.3 Å². The summed E-state index contributed by atoms with van der Waals surface area (Å²) in [6.07, 6.45) is 3.26. The van der Waals surface area contributed by atoms with Crippen LogP contribution in [0.5, 0.6) is 0 Å². The third-order valence-corrected chi connectivity index (χ3v) is 3.65. The number of ether oxygens (including phenoxy) is 1. The molecule has 1 aliphatic heterocycles. The van der Waals surface area contributed by atoms with E-state index in [9.17, 15) is 4.79 Å². The lowest BCUT2D eigenvalue weighted by atomic mass is 10.1. The molecule has 1 saturated heterocycles. The second-order valence-electron chi connectivity index (χ2n) is 5.02. The zero-order valence-electron chi connectivity index (χ0n) is 12.0. The summed E-state index contributed by atoms with van der Waals surface area (Å²) < 4.78 is 4.61. The molecule has 1 amide bonds. The molecule has 0 aliphatic carbocycles. The average Bonchev–Trinajstić information content (AvgIpc) is 2.95. The predicted octanol–water partition coefficient (Wildman–Crippen LogP) is 1.43. The Kier molecular flexibility index (Phi) is 4.79. The van der Waals surface area contributed by atoms with Crippen LogP contribution in [0.25, 0.3) is 0 Å². The van der Waals surface area contributed by atoms with Gasteiger partial charge in [0, 0.05) is 19.1 Å². The van der Waals surface area contributed by atoms with Crippen LogP contribution in [-0.2, 0) is 4.74 Å². The van der Waals surface area contributed by atoms with Crippen molar-refractivity contribution in [3.8, 4) is 0 Å². The van der Waals surface area contributed by atoms with Gasteiger partial charge in [-0.25, -0.2) is 4.79 Å². The molecular weight excluding hydrogens is 256 g/mol. The van der Waals surface area contributed by atoms with E-state index in [0.29, 0.717) is 0 Å². The smallest absolute Gasteiger partial charge is 0.407 e. The highest BCUT2D eigenvalue weighted by Gasteiger charge is 2.24. The summed E-state index contributed by atoms with van der Waals surface area (Å²) in [6.45, 7) is 3.72. The van der Waals surface area contributed by atoms with E-state index < -0.39 is 0 Å². The molecule has 1 aliphatic rings. The predicted molar refractivity (Wildman–Crippen MR) is 77.6 cm³/mol. The van der Waals surface area contributed by atoms with Crippen molar-refractivity contribution in [3.05, 3.63) is 24.0 Å². The number of anilines is 1. The monoisotopic (exact) mass is 278 g/mol. The molecule has 2 heterocycles. The molecule has 6 heteroatoms. The van der Waals surface area contributed by atoms with Crippen molar-refractivity contribution < 1.29 is 9.53 Å². The summed E-state index contributed by atoms with van der Waals surface area (Å²) in [5, 5.41) is 2.82. The Hall–Kier alpha value is -1.82. The SMILES string of the molecule is CC[C@@H](N)c1ccc(N2CCC(NC(=O)OC)C2)cn1. The van der Waals surface area contributed by atoms with Gasteiger partial charge < -0.3 is 20.7 Å². The molecule has 1 aromatic heterocycles. The average molecular weight is 278 g/mol. The fourth-order valence-corrected chi connectivity index (χ4v) is 2.35. The summed E-state index contributed by atoms with van der Waals surface area (Å²) in [5.74, 6) is 0. The number of nitrogens with one attached hydrogen (secondary N) is 1. The number of nitrogens with two attached hydrogens (primary N) is 1. The number of alkyl carbamates (subject to hydrolysis) is 1. The van der Waals surface area contributed by atoms with E-state index in [1.54, 1.807) is 0 Å². The quantitative estimate of drug-likeness (QED) is 0.870. The third kappa shape index (κ3) is 3.39. The summed E-state index contributed by atoms with van der Waals surface area (Å²) in [6, 6.07) is 4.14. The molecule has 3 N–H and O–H groups in total. The van der Waals surface area contributed by atoms with E-state index in [2.05, 4.69) is 19.9 Å². The van der Waals surface area contributed by atoms with E-state index in [4.69, 9.17) is 5.73 Å². The van der Waals surface area contributed by atoms with Gasteiger partial charge in [0.1, 0.15) is 0 Å². The summed E-state index contributed by atoms with van der Waals surface area (Å²) in [5.41, 5.74) is 7.93. The van der Waals surface area contributed by atoms with Gasteiger partial charge >= 0.3 is 6.09 Å². The van der Waals surface area contributed by atoms with Crippen LogP contribution in [0.3, 0.4) is 0 Å². The van der Waals surface area contributed by atoms with Crippen molar-refractivity contribution in [2.24, 2.45) is 5.73 Å². The van der Waals surface area contributed by atoms with Gasteiger partial charge in [-0.15, -0.1) is 0 Å².